The average molecular weight is 416 g/mol. The van der Waals surface area contributed by atoms with Gasteiger partial charge in [0, 0.05) is 11.6 Å². The molecule has 0 radical (unpaired) electrons. The van der Waals surface area contributed by atoms with Crippen molar-refractivity contribution in [1.29, 1.82) is 0 Å². The first kappa shape index (κ1) is 20.1. The summed E-state index contributed by atoms with van der Waals surface area (Å²) in [6, 6.07) is 9.33. The van der Waals surface area contributed by atoms with Crippen LogP contribution in [0.25, 0.3) is 6.08 Å². The van der Waals surface area contributed by atoms with E-state index in [4.69, 9.17) is 8.92 Å². The molecule has 1 saturated heterocycles. The number of carbonyl (C=O) groups is 3. The lowest BCUT2D eigenvalue weighted by molar-refractivity contribution is -0.123. The highest BCUT2D eigenvalue weighted by molar-refractivity contribution is 7.87. The third kappa shape index (κ3) is 4.43. The number of hydrogen-bond donors (Lipinski definition) is 2. The van der Waals surface area contributed by atoms with Crippen LogP contribution in [0.5, 0.6) is 11.5 Å². The van der Waals surface area contributed by atoms with E-state index in [0.29, 0.717) is 5.75 Å². The average Bonchev–Trinajstić information content (AvgIpc) is 2.65. The maximum Gasteiger partial charge on any atom is 0.339 e. The van der Waals surface area contributed by atoms with Gasteiger partial charge >= 0.3 is 16.1 Å². The molecule has 2 aromatic rings. The number of amides is 4. The number of nitrogens with one attached hydrogen (secondary N) is 2. The molecule has 0 aliphatic carbocycles. The fourth-order valence-electron chi connectivity index (χ4n) is 2.47. The molecule has 4 amide bonds. The van der Waals surface area contributed by atoms with Gasteiger partial charge in [0.15, 0.2) is 5.75 Å². The standard InChI is InChI=1S/C19H16N2O7S/c1-11-3-7-14(8-4-11)29(25,26)28-16-10-13(27-2)6-5-12(16)9-15-17(22)20-19(24)21-18(15)23/h3-10H,1-2H3,(H2,20,21,22,23,24). The Morgan fingerprint density at radius 2 is 1.55 bits per heavy atom. The fourth-order valence-corrected chi connectivity index (χ4v) is 3.41. The molecule has 2 N–H and O–H groups in total. The molecule has 0 unspecified atom stereocenters. The Hall–Kier alpha value is -3.66. The van der Waals surface area contributed by atoms with Crippen molar-refractivity contribution in [2.75, 3.05) is 7.11 Å². The van der Waals surface area contributed by atoms with Crippen LogP contribution in [0.15, 0.2) is 52.9 Å². The number of imide groups is 2. The quantitative estimate of drug-likeness (QED) is 0.430. The molecular formula is C19H16N2O7S. The number of carbonyl (C=O) groups excluding carboxylic acids is 3. The number of methoxy groups -OCH3 is 1. The Labute approximate surface area is 166 Å². The molecule has 0 spiro atoms. The van der Waals surface area contributed by atoms with Gasteiger partial charge in [-0.2, -0.15) is 8.42 Å². The van der Waals surface area contributed by atoms with Crippen molar-refractivity contribution in [3.05, 3.63) is 59.2 Å². The number of hydrogen-bond acceptors (Lipinski definition) is 7. The highest BCUT2D eigenvalue weighted by Crippen LogP contribution is 2.30. The molecule has 1 aliphatic heterocycles. The molecule has 3 rings (SSSR count). The van der Waals surface area contributed by atoms with Crippen molar-refractivity contribution in [1.82, 2.24) is 10.6 Å². The summed E-state index contributed by atoms with van der Waals surface area (Å²) in [7, 11) is -2.81. The van der Waals surface area contributed by atoms with Crippen molar-refractivity contribution in [3.63, 3.8) is 0 Å². The predicted molar refractivity (Wildman–Crippen MR) is 102 cm³/mol. The highest BCUT2D eigenvalue weighted by atomic mass is 32.2. The van der Waals surface area contributed by atoms with Crippen LogP contribution in [0.1, 0.15) is 11.1 Å². The van der Waals surface area contributed by atoms with Crippen LogP contribution in [0.3, 0.4) is 0 Å². The van der Waals surface area contributed by atoms with Gasteiger partial charge in [-0.05, 0) is 37.3 Å². The molecule has 2 aromatic carbocycles. The Kier molecular flexibility index (Phi) is 5.37. The van der Waals surface area contributed by atoms with Gasteiger partial charge in [-0.3, -0.25) is 20.2 Å². The van der Waals surface area contributed by atoms with Gasteiger partial charge in [0.1, 0.15) is 16.2 Å². The first-order valence-electron chi connectivity index (χ1n) is 8.27. The van der Waals surface area contributed by atoms with Gasteiger partial charge in [0.05, 0.1) is 7.11 Å². The van der Waals surface area contributed by atoms with Gasteiger partial charge in [0.25, 0.3) is 11.8 Å². The van der Waals surface area contributed by atoms with Crippen molar-refractivity contribution in [3.8, 4) is 11.5 Å². The van der Waals surface area contributed by atoms with Gasteiger partial charge in [-0.1, -0.05) is 17.7 Å². The van der Waals surface area contributed by atoms with E-state index in [2.05, 4.69) is 0 Å². The largest absolute Gasteiger partial charge is 0.497 e. The summed E-state index contributed by atoms with van der Waals surface area (Å²) >= 11 is 0. The maximum atomic E-state index is 12.6. The monoisotopic (exact) mass is 416 g/mol. The molecule has 1 fully saturated rings. The Morgan fingerprint density at radius 3 is 2.14 bits per heavy atom. The van der Waals surface area contributed by atoms with Crippen LogP contribution in [-0.4, -0.2) is 33.4 Å². The van der Waals surface area contributed by atoms with Gasteiger partial charge < -0.3 is 8.92 Å². The van der Waals surface area contributed by atoms with E-state index in [0.717, 1.165) is 11.6 Å². The molecule has 0 aromatic heterocycles. The topological polar surface area (TPSA) is 128 Å². The lowest BCUT2D eigenvalue weighted by Crippen LogP contribution is -2.51. The summed E-state index contributed by atoms with van der Waals surface area (Å²) < 4.78 is 35.6. The lowest BCUT2D eigenvalue weighted by Gasteiger charge is -2.15. The second kappa shape index (κ2) is 7.76. The lowest BCUT2D eigenvalue weighted by atomic mass is 10.1. The van der Waals surface area contributed by atoms with Crippen molar-refractivity contribution < 1.29 is 31.7 Å². The SMILES string of the molecule is COc1ccc(C=C2C(=O)NC(=O)NC2=O)c(OS(=O)(=O)c2ccc(C)cc2)c1. The van der Waals surface area contributed by atoms with Crippen molar-refractivity contribution in [2.45, 2.75) is 11.8 Å². The van der Waals surface area contributed by atoms with Gasteiger partial charge in [-0.25, -0.2) is 4.79 Å². The smallest absolute Gasteiger partial charge is 0.339 e. The summed E-state index contributed by atoms with van der Waals surface area (Å²) in [6.07, 6.45) is 1.12. The Morgan fingerprint density at radius 1 is 0.931 bits per heavy atom. The number of rotatable bonds is 5. The number of urea groups is 1. The fraction of sp³-hybridized carbons (Fsp3) is 0.105. The minimum atomic E-state index is -4.19. The van der Waals surface area contributed by atoms with Crippen LogP contribution < -0.4 is 19.6 Å². The summed E-state index contributed by atoms with van der Waals surface area (Å²) in [5.74, 6) is -1.69. The molecule has 9 nitrogen and oxygen atoms in total. The van der Waals surface area contributed by atoms with Crippen LogP contribution in [0, 0.1) is 6.92 Å². The van der Waals surface area contributed by atoms with Gasteiger partial charge in [-0.15, -0.1) is 0 Å². The zero-order chi connectivity index (χ0) is 21.2. The molecule has 150 valence electrons. The maximum absolute atomic E-state index is 12.6. The van der Waals surface area contributed by atoms with E-state index in [1.807, 2.05) is 17.6 Å². The van der Waals surface area contributed by atoms with E-state index in [1.54, 1.807) is 12.1 Å². The highest BCUT2D eigenvalue weighted by Gasteiger charge is 2.28. The van der Waals surface area contributed by atoms with Crippen molar-refractivity contribution in [2.24, 2.45) is 0 Å². The summed E-state index contributed by atoms with van der Waals surface area (Å²) in [4.78, 5) is 35.0. The van der Waals surface area contributed by atoms with E-state index >= 15 is 0 Å². The predicted octanol–water partition coefficient (Wildman–Crippen LogP) is 1.52. The zero-order valence-electron chi connectivity index (χ0n) is 15.4. The Balaban J connectivity index is 2.03. The van der Waals surface area contributed by atoms with E-state index in [1.165, 1.54) is 37.4 Å². The second-order valence-electron chi connectivity index (χ2n) is 6.05. The summed E-state index contributed by atoms with van der Waals surface area (Å²) in [6.45, 7) is 1.81. The van der Waals surface area contributed by atoms with Crippen molar-refractivity contribution >= 4 is 34.0 Å². The third-order valence-electron chi connectivity index (χ3n) is 3.97. The number of ether oxygens (including phenoxy) is 1. The molecule has 1 heterocycles. The van der Waals surface area contributed by atoms with Crippen LogP contribution in [0.2, 0.25) is 0 Å². The van der Waals surface area contributed by atoms with Crippen LogP contribution >= 0.6 is 0 Å². The first-order chi connectivity index (χ1) is 13.7. The summed E-state index contributed by atoms with van der Waals surface area (Å²) in [5.41, 5.74) is 0.614. The number of aryl methyl sites for hydroxylation is 1. The first-order valence-corrected chi connectivity index (χ1v) is 9.68. The van der Waals surface area contributed by atoms with E-state index in [9.17, 15) is 22.8 Å². The summed E-state index contributed by atoms with van der Waals surface area (Å²) in [5, 5.41) is 3.88. The molecule has 0 atom stereocenters. The second-order valence-corrected chi connectivity index (χ2v) is 7.60. The zero-order valence-corrected chi connectivity index (χ0v) is 16.2. The molecule has 1 aliphatic rings. The van der Waals surface area contributed by atoms with Crippen LogP contribution in [0.4, 0.5) is 4.79 Å². The van der Waals surface area contributed by atoms with Gasteiger partial charge in [0.2, 0.25) is 0 Å². The van der Waals surface area contributed by atoms with E-state index < -0.39 is 28.0 Å². The minimum absolute atomic E-state index is 0.0664. The molecular weight excluding hydrogens is 400 g/mol. The number of benzene rings is 2. The number of barbiturate groups is 1. The molecule has 0 saturated carbocycles. The molecule has 10 heteroatoms. The molecule has 29 heavy (non-hydrogen) atoms. The Bertz CT molecular complexity index is 1110. The van der Waals surface area contributed by atoms with Crippen LogP contribution in [-0.2, 0) is 19.7 Å². The normalized spacial score (nSPS) is 14.1. The minimum Gasteiger partial charge on any atom is -0.497 e. The van der Waals surface area contributed by atoms with E-state index in [-0.39, 0.29) is 21.8 Å². The molecule has 0 bridgehead atoms. The third-order valence-corrected chi connectivity index (χ3v) is 5.22.